The second-order valence-corrected chi connectivity index (χ2v) is 7.22. The van der Waals surface area contributed by atoms with E-state index < -0.39 is 0 Å². The van der Waals surface area contributed by atoms with Crippen molar-refractivity contribution in [2.75, 3.05) is 31.3 Å². The molecule has 0 saturated heterocycles. The normalized spacial score (nSPS) is 12.8. The Bertz CT molecular complexity index is 1030. The van der Waals surface area contributed by atoms with Crippen molar-refractivity contribution < 1.29 is 9.47 Å². The van der Waals surface area contributed by atoms with Gasteiger partial charge in [-0.3, -0.25) is 4.90 Å². The Labute approximate surface area is 176 Å². The van der Waals surface area contributed by atoms with Crippen LogP contribution in [0.15, 0.2) is 42.5 Å². The Balaban J connectivity index is 1.45. The fourth-order valence-electron chi connectivity index (χ4n) is 3.43. The molecule has 1 aliphatic rings. The first-order valence-electron chi connectivity index (χ1n) is 10.0. The molecule has 0 saturated carbocycles. The lowest BCUT2D eigenvalue weighted by Crippen LogP contribution is -2.21. The van der Waals surface area contributed by atoms with Crippen LogP contribution in [0.25, 0.3) is 0 Å². The van der Waals surface area contributed by atoms with E-state index in [2.05, 4.69) is 38.2 Å². The molecule has 3 N–H and O–H groups in total. The van der Waals surface area contributed by atoms with Crippen LogP contribution in [-0.2, 0) is 19.5 Å². The van der Waals surface area contributed by atoms with E-state index in [0.717, 1.165) is 29.2 Å². The Morgan fingerprint density at radius 2 is 1.80 bits per heavy atom. The van der Waals surface area contributed by atoms with Crippen molar-refractivity contribution >= 4 is 17.6 Å². The molecule has 0 spiro atoms. The lowest BCUT2D eigenvalue weighted by Gasteiger charge is -2.21. The lowest BCUT2D eigenvalue weighted by atomic mass is 10.1. The number of nitrogen functional groups attached to an aromatic ring is 1. The van der Waals surface area contributed by atoms with E-state index in [-0.39, 0.29) is 5.95 Å². The van der Waals surface area contributed by atoms with Crippen LogP contribution in [0.2, 0.25) is 0 Å². The molecule has 1 aromatic heterocycles. The summed E-state index contributed by atoms with van der Waals surface area (Å²) in [6.07, 6.45) is 0.912. The fourth-order valence-corrected chi connectivity index (χ4v) is 3.43. The van der Waals surface area contributed by atoms with E-state index in [9.17, 15) is 0 Å². The molecule has 0 bridgehead atoms. The average molecular weight is 406 g/mol. The Kier molecular flexibility index (Phi) is 5.94. The van der Waals surface area contributed by atoms with Gasteiger partial charge in [0.2, 0.25) is 11.9 Å². The minimum absolute atomic E-state index is 0.198. The molecule has 0 fully saturated rings. The topological polar surface area (TPSA) is 98.4 Å². The monoisotopic (exact) mass is 406 g/mol. The minimum Gasteiger partial charge on any atom is -0.486 e. The lowest BCUT2D eigenvalue weighted by molar-refractivity contribution is 0.171. The van der Waals surface area contributed by atoms with E-state index in [4.69, 9.17) is 15.2 Å². The summed E-state index contributed by atoms with van der Waals surface area (Å²) >= 11 is 0. The first-order chi connectivity index (χ1) is 14.6. The second kappa shape index (κ2) is 8.96. The number of nitrogens with two attached hydrogens (primary N) is 1. The van der Waals surface area contributed by atoms with Crippen molar-refractivity contribution in [2.45, 2.75) is 26.4 Å². The summed E-state index contributed by atoms with van der Waals surface area (Å²) in [6, 6.07) is 14.1. The van der Waals surface area contributed by atoms with Crippen LogP contribution in [0.4, 0.5) is 17.6 Å². The van der Waals surface area contributed by atoms with Gasteiger partial charge in [0.15, 0.2) is 11.5 Å². The molecular weight excluding hydrogens is 380 g/mol. The second-order valence-electron chi connectivity index (χ2n) is 7.22. The summed E-state index contributed by atoms with van der Waals surface area (Å²) in [6.45, 7) is 4.52. The number of rotatable bonds is 7. The van der Waals surface area contributed by atoms with Gasteiger partial charge in [-0.05, 0) is 42.8 Å². The number of para-hydroxylation sites is 1. The molecule has 8 nitrogen and oxygen atoms in total. The van der Waals surface area contributed by atoms with Crippen LogP contribution < -0.4 is 20.5 Å². The predicted molar refractivity (Wildman–Crippen MR) is 116 cm³/mol. The highest BCUT2D eigenvalue weighted by atomic mass is 16.6. The Morgan fingerprint density at radius 3 is 2.63 bits per heavy atom. The third kappa shape index (κ3) is 4.77. The maximum absolute atomic E-state index is 5.94. The number of aromatic nitrogens is 3. The zero-order valence-electron chi connectivity index (χ0n) is 17.3. The molecule has 0 amide bonds. The van der Waals surface area contributed by atoms with Gasteiger partial charge in [0.05, 0.1) is 6.54 Å². The molecule has 0 radical (unpaired) electrons. The predicted octanol–water partition coefficient (Wildman–Crippen LogP) is 3.16. The molecule has 1 aliphatic heterocycles. The zero-order valence-corrected chi connectivity index (χ0v) is 17.3. The quantitative estimate of drug-likeness (QED) is 0.617. The SMILES string of the molecule is CCc1ccccc1Nc1nc(N)nc(CN(C)Cc2ccc3c(c2)OCCO3)n1. The van der Waals surface area contributed by atoms with Gasteiger partial charge in [0.25, 0.3) is 0 Å². The molecule has 30 heavy (non-hydrogen) atoms. The van der Waals surface area contributed by atoms with Crippen LogP contribution >= 0.6 is 0 Å². The Morgan fingerprint density at radius 1 is 1.00 bits per heavy atom. The Hall–Kier alpha value is -3.39. The van der Waals surface area contributed by atoms with Crippen molar-refractivity contribution in [3.8, 4) is 11.5 Å². The molecule has 0 aliphatic carbocycles. The van der Waals surface area contributed by atoms with E-state index in [1.165, 1.54) is 5.56 Å². The summed E-state index contributed by atoms with van der Waals surface area (Å²) in [4.78, 5) is 15.2. The maximum Gasteiger partial charge on any atom is 0.232 e. The van der Waals surface area contributed by atoms with Gasteiger partial charge in [-0.1, -0.05) is 31.2 Å². The number of hydrogen-bond donors (Lipinski definition) is 2. The van der Waals surface area contributed by atoms with Crippen LogP contribution in [0, 0.1) is 0 Å². The molecule has 4 rings (SSSR count). The number of anilines is 3. The molecule has 2 aromatic carbocycles. The molecule has 2 heterocycles. The first-order valence-corrected chi connectivity index (χ1v) is 10.0. The molecule has 0 atom stereocenters. The van der Waals surface area contributed by atoms with Crippen LogP contribution in [0.5, 0.6) is 11.5 Å². The van der Waals surface area contributed by atoms with E-state index in [0.29, 0.717) is 38.1 Å². The number of benzene rings is 2. The summed E-state index contributed by atoms with van der Waals surface area (Å²) in [7, 11) is 2.01. The summed E-state index contributed by atoms with van der Waals surface area (Å²) in [5, 5.41) is 3.27. The number of aryl methyl sites for hydroxylation is 1. The van der Waals surface area contributed by atoms with Gasteiger partial charge in [-0.25, -0.2) is 0 Å². The highest BCUT2D eigenvalue weighted by Gasteiger charge is 2.14. The van der Waals surface area contributed by atoms with Crippen molar-refractivity contribution in [3.05, 3.63) is 59.4 Å². The third-order valence-electron chi connectivity index (χ3n) is 4.81. The standard InChI is InChI=1S/C22H26N6O2/c1-3-16-6-4-5-7-17(16)24-22-26-20(25-21(23)27-22)14-28(2)13-15-8-9-18-19(12-15)30-11-10-29-18/h4-9,12H,3,10-11,13-14H2,1-2H3,(H3,23,24,25,26,27). The van der Waals surface area contributed by atoms with Gasteiger partial charge < -0.3 is 20.5 Å². The number of ether oxygens (including phenoxy) is 2. The molecule has 156 valence electrons. The van der Waals surface area contributed by atoms with Crippen LogP contribution in [0.3, 0.4) is 0 Å². The van der Waals surface area contributed by atoms with Gasteiger partial charge in [0, 0.05) is 12.2 Å². The number of nitrogens with zero attached hydrogens (tertiary/aromatic N) is 4. The van der Waals surface area contributed by atoms with Crippen molar-refractivity contribution in [2.24, 2.45) is 0 Å². The van der Waals surface area contributed by atoms with Crippen molar-refractivity contribution in [1.82, 2.24) is 19.9 Å². The highest BCUT2D eigenvalue weighted by molar-refractivity contribution is 5.58. The molecule has 3 aromatic rings. The minimum atomic E-state index is 0.198. The van der Waals surface area contributed by atoms with Crippen molar-refractivity contribution in [3.63, 3.8) is 0 Å². The van der Waals surface area contributed by atoms with Gasteiger partial charge in [-0.2, -0.15) is 15.0 Å². The van der Waals surface area contributed by atoms with Crippen molar-refractivity contribution in [1.29, 1.82) is 0 Å². The summed E-state index contributed by atoms with van der Waals surface area (Å²) < 4.78 is 11.3. The third-order valence-corrected chi connectivity index (χ3v) is 4.81. The zero-order chi connectivity index (χ0) is 20.9. The number of fused-ring (bicyclic) bond motifs is 1. The molecule has 0 unspecified atom stereocenters. The largest absolute Gasteiger partial charge is 0.486 e. The summed E-state index contributed by atoms with van der Waals surface area (Å²) in [5.41, 5.74) is 9.22. The van der Waals surface area contributed by atoms with E-state index >= 15 is 0 Å². The van der Waals surface area contributed by atoms with E-state index in [1.54, 1.807) is 0 Å². The number of hydrogen-bond acceptors (Lipinski definition) is 8. The molecular formula is C22H26N6O2. The fraction of sp³-hybridized carbons (Fsp3) is 0.318. The van der Waals surface area contributed by atoms with E-state index in [1.807, 2.05) is 43.4 Å². The highest BCUT2D eigenvalue weighted by Crippen LogP contribution is 2.31. The van der Waals surface area contributed by atoms with Crippen LogP contribution in [-0.4, -0.2) is 40.1 Å². The average Bonchev–Trinajstić information content (AvgIpc) is 2.73. The maximum atomic E-state index is 5.94. The number of nitrogens with one attached hydrogen (secondary N) is 1. The van der Waals surface area contributed by atoms with Crippen LogP contribution in [0.1, 0.15) is 23.9 Å². The van der Waals surface area contributed by atoms with Gasteiger partial charge in [0.1, 0.15) is 19.0 Å². The smallest absolute Gasteiger partial charge is 0.232 e. The van der Waals surface area contributed by atoms with Gasteiger partial charge >= 0.3 is 0 Å². The summed E-state index contributed by atoms with van der Waals surface area (Å²) in [5.74, 6) is 2.84. The van der Waals surface area contributed by atoms with Gasteiger partial charge in [-0.15, -0.1) is 0 Å². The molecule has 8 heteroatoms. The first kappa shape index (κ1) is 19.9.